The Hall–Kier alpha value is -3.48. The standard InChI is InChI=1S/C30H33N5O2/c1-19(2)23(16-36)28-13-29(33-37-28)34-17-30(18-34)14-21(15-30)26-12-25-27(35(26)22-9-6-10-22)11-24(31-32-25)20-7-4-3-5-8-20/h3-5,7-8,11-13,16,19,21-23H,6,9-10,14-15,17-18H2,1-2H3. The number of fused-ring (bicyclic) bond motifs is 1. The van der Waals surface area contributed by atoms with Crippen molar-refractivity contribution in [1.29, 1.82) is 0 Å². The molecule has 190 valence electrons. The van der Waals surface area contributed by atoms with Crippen LogP contribution in [-0.4, -0.2) is 39.3 Å². The average molecular weight is 496 g/mol. The van der Waals surface area contributed by atoms with Gasteiger partial charge in [-0.2, -0.15) is 0 Å². The monoisotopic (exact) mass is 495 g/mol. The Bertz CT molecular complexity index is 1440. The number of anilines is 1. The number of hydrogen-bond acceptors (Lipinski definition) is 6. The maximum absolute atomic E-state index is 11.5. The predicted octanol–water partition coefficient (Wildman–Crippen LogP) is 6.13. The molecule has 4 aromatic rings. The van der Waals surface area contributed by atoms with Gasteiger partial charge in [-0.1, -0.05) is 49.3 Å². The van der Waals surface area contributed by atoms with Crippen molar-refractivity contribution in [2.45, 2.75) is 63.8 Å². The minimum Gasteiger partial charge on any atom is -0.358 e. The maximum Gasteiger partial charge on any atom is 0.172 e. The van der Waals surface area contributed by atoms with E-state index in [9.17, 15) is 4.79 Å². The van der Waals surface area contributed by atoms with Gasteiger partial charge in [-0.25, -0.2) is 0 Å². The minimum absolute atomic E-state index is 0.198. The van der Waals surface area contributed by atoms with Crippen molar-refractivity contribution in [3.63, 3.8) is 0 Å². The van der Waals surface area contributed by atoms with E-state index in [1.807, 2.05) is 26.0 Å². The summed E-state index contributed by atoms with van der Waals surface area (Å²) in [5.74, 6) is 2.07. The molecule has 1 aliphatic heterocycles. The van der Waals surface area contributed by atoms with Crippen molar-refractivity contribution in [2.24, 2.45) is 11.3 Å². The molecule has 1 unspecified atom stereocenters. The van der Waals surface area contributed by atoms with Crippen molar-refractivity contribution in [1.82, 2.24) is 19.9 Å². The molecule has 1 aromatic carbocycles. The third-order valence-corrected chi connectivity index (χ3v) is 9.00. The van der Waals surface area contributed by atoms with Gasteiger partial charge in [0, 0.05) is 47.8 Å². The number of benzene rings is 1. The topological polar surface area (TPSA) is 77.1 Å². The van der Waals surface area contributed by atoms with Crippen LogP contribution in [0.4, 0.5) is 5.82 Å². The third kappa shape index (κ3) is 3.70. The molecule has 0 N–H and O–H groups in total. The summed E-state index contributed by atoms with van der Waals surface area (Å²) in [4.78, 5) is 13.8. The van der Waals surface area contributed by atoms with Gasteiger partial charge in [-0.05, 0) is 50.2 Å². The van der Waals surface area contributed by atoms with Crippen molar-refractivity contribution in [3.8, 4) is 11.3 Å². The van der Waals surface area contributed by atoms with Gasteiger partial charge in [0.15, 0.2) is 5.82 Å². The van der Waals surface area contributed by atoms with E-state index in [4.69, 9.17) is 4.52 Å². The quantitative estimate of drug-likeness (QED) is 0.287. The van der Waals surface area contributed by atoms with Gasteiger partial charge in [0.2, 0.25) is 0 Å². The molecule has 0 radical (unpaired) electrons. The zero-order chi connectivity index (χ0) is 25.1. The first-order valence-electron chi connectivity index (χ1n) is 13.6. The highest BCUT2D eigenvalue weighted by Gasteiger charge is 2.54. The Labute approximate surface area is 216 Å². The van der Waals surface area contributed by atoms with Crippen molar-refractivity contribution in [3.05, 3.63) is 60.0 Å². The Morgan fingerprint density at radius 1 is 1.05 bits per heavy atom. The molecule has 2 aliphatic carbocycles. The smallest absolute Gasteiger partial charge is 0.172 e. The normalized spacial score (nSPS) is 20.1. The second-order valence-corrected chi connectivity index (χ2v) is 11.8. The van der Waals surface area contributed by atoms with E-state index in [1.54, 1.807) is 0 Å². The molecule has 1 saturated heterocycles. The van der Waals surface area contributed by atoms with E-state index in [0.717, 1.165) is 42.0 Å². The predicted molar refractivity (Wildman–Crippen MR) is 143 cm³/mol. The highest BCUT2D eigenvalue weighted by atomic mass is 16.5. The van der Waals surface area contributed by atoms with Gasteiger partial charge in [-0.3, -0.25) is 0 Å². The molecule has 2 saturated carbocycles. The molecule has 7 rings (SSSR count). The molecule has 1 spiro atoms. The molecule has 7 nitrogen and oxygen atoms in total. The summed E-state index contributed by atoms with van der Waals surface area (Å²) in [6, 6.07) is 17.4. The number of rotatable bonds is 7. The molecule has 3 aliphatic rings. The summed E-state index contributed by atoms with van der Waals surface area (Å²) in [5.41, 5.74) is 6.10. The summed E-state index contributed by atoms with van der Waals surface area (Å²) in [6.07, 6.45) is 7.16. The summed E-state index contributed by atoms with van der Waals surface area (Å²) in [7, 11) is 0. The SMILES string of the molecule is CC(C)C(C=O)c1cc(N2CC3(CC(c4cc5nnc(-c6ccccc6)cc5n4C4CCC4)C3)C2)no1. The third-order valence-electron chi connectivity index (χ3n) is 9.00. The van der Waals surface area contributed by atoms with Crippen LogP contribution in [0.3, 0.4) is 0 Å². The van der Waals surface area contributed by atoms with Crippen LogP contribution in [0.1, 0.15) is 75.3 Å². The molecule has 3 fully saturated rings. The van der Waals surface area contributed by atoms with Gasteiger partial charge < -0.3 is 18.8 Å². The van der Waals surface area contributed by atoms with Crippen LogP contribution < -0.4 is 4.90 Å². The van der Waals surface area contributed by atoms with Gasteiger partial charge in [-0.15, -0.1) is 10.2 Å². The van der Waals surface area contributed by atoms with Crippen molar-refractivity contribution < 1.29 is 9.32 Å². The Balaban J connectivity index is 1.10. The molecule has 37 heavy (non-hydrogen) atoms. The van der Waals surface area contributed by atoms with Crippen LogP contribution >= 0.6 is 0 Å². The zero-order valence-electron chi connectivity index (χ0n) is 21.5. The summed E-state index contributed by atoms with van der Waals surface area (Å²) >= 11 is 0. The fourth-order valence-electron chi connectivity index (χ4n) is 6.67. The van der Waals surface area contributed by atoms with E-state index in [0.29, 0.717) is 23.1 Å². The number of carbonyl (C=O) groups is 1. The van der Waals surface area contributed by atoms with Crippen LogP contribution in [0.5, 0.6) is 0 Å². The second kappa shape index (κ2) is 8.54. The summed E-state index contributed by atoms with van der Waals surface area (Å²) < 4.78 is 8.14. The van der Waals surface area contributed by atoms with Crippen LogP contribution in [0.25, 0.3) is 22.3 Å². The number of aromatic nitrogens is 4. The average Bonchev–Trinajstić information content (AvgIpc) is 3.43. The van der Waals surface area contributed by atoms with E-state index in [-0.39, 0.29) is 11.8 Å². The highest BCUT2D eigenvalue weighted by Crippen LogP contribution is 2.58. The largest absolute Gasteiger partial charge is 0.358 e. The van der Waals surface area contributed by atoms with Gasteiger partial charge in [0.25, 0.3) is 0 Å². The number of nitrogens with zero attached hydrogens (tertiary/aromatic N) is 5. The summed E-state index contributed by atoms with van der Waals surface area (Å²) in [6.45, 7) is 6.08. The Morgan fingerprint density at radius 3 is 2.51 bits per heavy atom. The van der Waals surface area contributed by atoms with E-state index in [1.165, 1.54) is 43.3 Å². The fraction of sp³-hybridized carbons (Fsp3) is 0.467. The molecule has 0 bridgehead atoms. The molecule has 1 atom stereocenters. The molecule has 0 amide bonds. The molecule has 4 heterocycles. The molecular weight excluding hydrogens is 462 g/mol. The molecule has 3 aromatic heterocycles. The lowest BCUT2D eigenvalue weighted by Crippen LogP contribution is -2.62. The van der Waals surface area contributed by atoms with Crippen LogP contribution in [0.2, 0.25) is 0 Å². The van der Waals surface area contributed by atoms with Crippen LogP contribution in [-0.2, 0) is 4.79 Å². The Kier molecular flexibility index (Phi) is 5.24. The number of hydrogen-bond donors (Lipinski definition) is 0. The van der Waals surface area contributed by atoms with E-state index in [2.05, 4.69) is 61.2 Å². The van der Waals surface area contributed by atoms with E-state index < -0.39 is 0 Å². The first-order valence-corrected chi connectivity index (χ1v) is 13.6. The van der Waals surface area contributed by atoms with Gasteiger partial charge >= 0.3 is 0 Å². The van der Waals surface area contributed by atoms with Crippen molar-refractivity contribution >= 4 is 23.1 Å². The fourth-order valence-corrected chi connectivity index (χ4v) is 6.67. The number of carbonyl (C=O) groups excluding carboxylic acids is 1. The first-order chi connectivity index (χ1) is 18.0. The lowest BCUT2D eigenvalue weighted by atomic mass is 9.57. The second-order valence-electron chi connectivity index (χ2n) is 11.8. The molecular formula is C30H33N5O2. The Morgan fingerprint density at radius 2 is 1.84 bits per heavy atom. The number of aldehydes is 1. The first kappa shape index (κ1) is 22.7. The summed E-state index contributed by atoms with van der Waals surface area (Å²) in [5, 5.41) is 13.5. The van der Waals surface area contributed by atoms with Crippen LogP contribution in [0.15, 0.2) is 53.1 Å². The van der Waals surface area contributed by atoms with Crippen LogP contribution in [0, 0.1) is 11.3 Å². The minimum atomic E-state index is -0.233. The highest BCUT2D eigenvalue weighted by molar-refractivity contribution is 5.81. The van der Waals surface area contributed by atoms with Crippen molar-refractivity contribution in [2.75, 3.05) is 18.0 Å². The lowest BCUT2D eigenvalue weighted by molar-refractivity contribution is -0.110. The zero-order valence-corrected chi connectivity index (χ0v) is 21.5. The van der Waals surface area contributed by atoms with E-state index >= 15 is 0 Å². The lowest BCUT2D eigenvalue weighted by Gasteiger charge is -2.59. The van der Waals surface area contributed by atoms with Gasteiger partial charge in [0.1, 0.15) is 17.6 Å². The van der Waals surface area contributed by atoms with Gasteiger partial charge in [0.05, 0.1) is 17.1 Å². The maximum atomic E-state index is 11.5. The molecule has 7 heteroatoms.